The summed E-state index contributed by atoms with van der Waals surface area (Å²) in [6, 6.07) is 0. The smallest absolute Gasteiger partial charge is 0.330 e. The molecule has 9 atom stereocenters. The molecule has 4 aliphatic rings. The molecule has 40 heavy (non-hydrogen) atoms. The number of carbonyl (C=O) groups excluding carboxylic acids is 2. The topological polar surface area (TPSA) is 104 Å². The summed E-state index contributed by atoms with van der Waals surface area (Å²) in [6.07, 6.45) is 14.1. The molecule has 220 valence electrons. The van der Waals surface area contributed by atoms with E-state index in [-0.39, 0.29) is 42.9 Å². The van der Waals surface area contributed by atoms with Gasteiger partial charge in [0.1, 0.15) is 24.4 Å². The third-order valence-electron chi connectivity index (χ3n) is 7.74. The van der Waals surface area contributed by atoms with Crippen molar-refractivity contribution in [1.29, 1.82) is 0 Å². The molecule has 0 aromatic heterocycles. The Kier molecular flexibility index (Phi) is 11.0. The van der Waals surface area contributed by atoms with Gasteiger partial charge in [-0.05, 0) is 44.9 Å². The molecule has 4 aliphatic heterocycles. The number of ether oxygens (including phenoxy) is 5. The van der Waals surface area contributed by atoms with Crippen molar-refractivity contribution in [3.8, 4) is 0 Å². The number of hydrogen-bond donors (Lipinski definition) is 1. The highest BCUT2D eigenvalue weighted by molar-refractivity contribution is 5.82. The Bertz CT molecular complexity index is 1030. The Morgan fingerprint density at radius 1 is 1.18 bits per heavy atom. The molecule has 1 unspecified atom stereocenters. The first-order valence-corrected chi connectivity index (χ1v) is 14.5. The van der Waals surface area contributed by atoms with Crippen LogP contribution in [0.4, 0.5) is 0 Å². The van der Waals surface area contributed by atoms with Crippen LogP contribution in [-0.4, -0.2) is 72.5 Å². The number of esters is 2. The van der Waals surface area contributed by atoms with Crippen LogP contribution in [0.3, 0.4) is 0 Å². The van der Waals surface area contributed by atoms with Crippen LogP contribution >= 0.6 is 0 Å². The van der Waals surface area contributed by atoms with Gasteiger partial charge in [0, 0.05) is 25.8 Å². The van der Waals surface area contributed by atoms with Gasteiger partial charge in [-0.2, -0.15) is 0 Å². The summed E-state index contributed by atoms with van der Waals surface area (Å²) < 4.78 is 29.3. The fourth-order valence-corrected chi connectivity index (χ4v) is 5.75. The molecule has 0 aromatic carbocycles. The van der Waals surface area contributed by atoms with E-state index in [1.807, 2.05) is 25.2 Å². The quantitative estimate of drug-likeness (QED) is 0.303. The highest BCUT2D eigenvalue weighted by atomic mass is 16.6. The zero-order valence-electron chi connectivity index (χ0n) is 23.9. The van der Waals surface area contributed by atoms with E-state index in [4.69, 9.17) is 23.7 Å². The zero-order chi connectivity index (χ0) is 28.6. The van der Waals surface area contributed by atoms with Gasteiger partial charge in [-0.15, -0.1) is 0 Å². The second kappa shape index (κ2) is 14.4. The molecule has 0 amide bonds. The molecule has 4 rings (SSSR count). The molecule has 0 spiro atoms. The maximum atomic E-state index is 12.8. The zero-order valence-corrected chi connectivity index (χ0v) is 23.9. The van der Waals surface area contributed by atoms with Gasteiger partial charge in [0.2, 0.25) is 0 Å². The SMILES string of the molecule is C=C1CC(OC(C)=O)[C@@H]2O[C@H]2C[C@@H]([C@@H](O)/C=C/[C@@H]2CC(C)=CCO2)OC(=O)/C=C\C[C@@H]2C=CC[C@@H](C[C@@H](C)C1)O2. The lowest BCUT2D eigenvalue weighted by Gasteiger charge is -2.28. The first-order valence-electron chi connectivity index (χ1n) is 14.5. The maximum Gasteiger partial charge on any atom is 0.330 e. The van der Waals surface area contributed by atoms with Crippen LogP contribution < -0.4 is 0 Å². The Balaban J connectivity index is 1.50. The van der Waals surface area contributed by atoms with Gasteiger partial charge in [-0.3, -0.25) is 4.79 Å². The van der Waals surface area contributed by atoms with Gasteiger partial charge in [-0.25, -0.2) is 4.79 Å². The monoisotopic (exact) mass is 556 g/mol. The fraction of sp³-hybridized carbons (Fsp3) is 0.625. The molecule has 8 nitrogen and oxygen atoms in total. The molecule has 0 aromatic rings. The van der Waals surface area contributed by atoms with Crippen LogP contribution in [0.15, 0.2) is 60.3 Å². The van der Waals surface area contributed by atoms with Crippen LogP contribution in [0.2, 0.25) is 0 Å². The minimum Gasteiger partial charge on any atom is -0.459 e. The van der Waals surface area contributed by atoms with E-state index >= 15 is 0 Å². The van der Waals surface area contributed by atoms with Gasteiger partial charge in [0.05, 0.1) is 31.0 Å². The number of cyclic esters (lactones) is 1. The number of aliphatic hydroxyl groups excluding tert-OH is 1. The van der Waals surface area contributed by atoms with E-state index in [1.54, 1.807) is 12.2 Å². The molecule has 1 fully saturated rings. The third kappa shape index (κ3) is 9.54. The lowest BCUT2D eigenvalue weighted by molar-refractivity contribution is -0.148. The molecule has 0 saturated carbocycles. The van der Waals surface area contributed by atoms with E-state index in [9.17, 15) is 14.7 Å². The number of aliphatic hydroxyl groups is 1. The summed E-state index contributed by atoms with van der Waals surface area (Å²) in [5.74, 6) is -0.580. The lowest BCUT2D eigenvalue weighted by Crippen LogP contribution is -2.33. The van der Waals surface area contributed by atoms with Crippen molar-refractivity contribution >= 4 is 11.9 Å². The molecule has 0 radical (unpaired) electrons. The minimum atomic E-state index is -1.06. The van der Waals surface area contributed by atoms with E-state index in [0.717, 1.165) is 31.3 Å². The van der Waals surface area contributed by atoms with Crippen molar-refractivity contribution in [3.63, 3.8) is 0 Å². The fourth-order valence-electron chi connectivity index (χ4n) is 5.75. The summed E-state index contributed by atoms with van der Waals surface area (Å²) in [7, 11) is 0. The average molecular weight is 557 g/mol. The van der Waals surface area contributed by atoms with E-state index in [2.05, 4.69) is 19.6 Å². The maximum absolute atomic E-state index is 12.8. The molecular formula is C32H44O8. The Morgan fingerprint density at radius 3 is 2.77 bits per heavy atom. The number of rotatable bonds is 4. The summed E-state index contributed by atoms with van der Waals surface area (Å²) in [4.78, 5) is 24.7. The van der Waals surface area contributed by atoms with Crippen molar-refractivity contribution in [2.45, 2.75) is 115 Å². The molecule has 1 N–H and O–H groups in total. The largest absolute Gasteiger partial charge is 0.459 e. The van der Waals surface area contributed by atoms with E-state index in [0.29, 0.717) is 25.4 Å². The normalized spacial score (nSPS) is 37.4. The van der Waals surface area contributed by atoms with Crippen LogP contribution in [0.1, 0.15) is 65.7 Å². The van der Waals surface area contributed by atoms with Crippen LogP contribution in [0.25, 0.3) is 0 Å². The van der Waals surface area contributed by atoms with Gasteiger partial charge in [0.25, 0.3) is 0 Å². The number of hydrogen-bond acceptors (Lipinski definition) is 8. The Hall–Kier alpha value is -2.52. The van der Waals surface area contributed by atoms with E-state index in [1.165, 1.54) is 18.6 Å². The molecule has 2 bridgehead atoms. The number of epoxide rings is 1. The average Bonchev–Trinajstić information content (AvgIpc) is 3.65. The van der Waals surface area contributed by atoms with Crippen LogP contribution in [0, 0.1) is 5.92 Å². The minimum absolute atomic E-state index is 0.0937. The second-order valence-corrected chi connectivity index (χ2v) is 11.6. The predicted octanol–water partition coefficient (Wildman–Crippen LogP) is 4.68. The van der Waals surface area contributed by atoms with Gasteiger partial charge in [-0.1, -0.05) is 61.1 Å². The molecular weight excluding hydrogens is 512 g/mol. The highest BCUT2D eigenvalue weighted by Crippen LogP contribution is 2.36. The van der Waals surface area contributed by atoms with Crippen molar-refractivity contribution in [1.82, 2.24) is 0 Å². The Labute approximate surface area is 237 Å². The molecule has 8 heteroatoms. The Morgan fingerprint density at radius 2 is 2.00 bits per heavy atom. The van der Waals surface area contributed by atoms with Crippen molar-refractivity contribution < 1.29 is 38.4 Å². The standard InChI is InChI=1S/C32H44O8/c1-20-13-14-36-25(16-20)11-12-27(34)28-19-30-32(40-30)29(37-23(4)33)18-22(3)15-21(2)17-26-9-5-7-24(38-26)8-6-10-31(35)39-28/h5-7,10-13,21,24-30,32,34H,3,8-9,14-19H2,1-2,4H3/b10-6-,12-11+/t21-,24-,25+,26-,27-,28-,29?,30-,32-/m0/s1. The van der Waals surface area contributed by atoms with Crippen molar-refractivity contribution in [2.75, 3.05) is 6.61 Å². The van der Waals surface area contributed by atoms with Crippen LogP contribution in [0.5, 0.6) is 0 Å². The molecule has 1 saturated heterocycles. The summed E-state index contributed by atoms with van der Waals surface area (Å²) >= 11 is 0. The summed E-state index contributed by atoms with van der Waals surface area (Å²) in [5.41, 5.74) is 2.22. The van der Waals surface area contributed by atoms with Crippen molar-refractivity contribution in [2.24, 2.45) is 5.92 Å². The van der Waals surface area contributed by atoms with Gasteiger partial charge in [0.15, 0.2) is 0 Å². The lowest BCUT2D eigenvalue weighted by atomic mass is 9.90. The first kappa shape index (κ1) is 30.4. The van der Waals surface area contributed by atoms with Gasteiger partial charge < -0.3 is 28.8 Å². The third-order valence-corrected chi connectivity index (χ3v) is 7.74. The predicted molar refractivity (Wildman–Crippen MR) is 150 cm³/mol. The second-order valence-electron chi connectivity index (χ2n) is 11.6. The summed E-state index contributed by atoms with van der Waals surface area (Å²) in [6.45, 7) is 10.4. The molecule has 0 aliphatic carbocycles. The summed E-state index contributed by atoms with van der Waals surface area (Å²) in [5, 5.41) is 11.0. The van der Waals surface area contributed by atoms with Gasteiger partial charge >= 0.3 is 11.9 Å². The van der Waals surface area contributed by atoms with E-state index < -0.39 is 24.3 Å². The molecule has 4 heterocycles. The number of carbonyl (C=O) groups is 2. The first-order chi connectivity index (χ1) is 19.2. The number of fused-ring (bicyclic) bond motifs is 3. The van der Waals surface area contributed by atoms with Crippen LogP contribution in [-0.2, 0) is 33.3 Å². The highest BCUT2D eigenvalue weighted by Gasteiger charge is 2.48. The van der Waals surface area contributed by atoms with Crippen molar-refractivity contribution in [3.05, 3.63) is 60.3 Å².